The zero-order chi connectivity index (χ0) is 23.4. The summed E-state index contributed by atoms with van der Waals surface area (Å²) in [5.41, 5.74) is -0.218. The first-order chi connectivity index (χ1) is 15.2. The third-order valence-corrected chi connectivity index (χ3v) is 6.61. The number of carbonyl (C=O) groups excluding carboxylic acids is 1. The van der Waals surface area contributed by atoms with E-state index in [4.69, 9.17) is 13.1 Å². The molecule has 11 heteroatoms. The van der Waals surface area contributed by atoms with E-state index in [-0.39, 0.29) is 21.1 Å². The second kappa shape index (κ2) is 9.28. The fraction of sp³-hybridized carbons (Fsp3) is 0.0952. The molecule has 0 bridgehead atoms. The smallest absolute Gasteiger partial charge is 0.339 e. The van der Waals surface area contributed by atoms with Crippen molar-refractivity contribution in [3.8, 4) is 17.2 Å². The lowest BCUT2D eigenvalue weighted by atomic mass is 10.2. The Balaban J connectivity index is 2.12. The molecule has 0 amide bonds. The van der Waals surface area contributed by atoms with Crippen molar-refractivity contribution in [3.63, 3.8) is 0 Å². The van der Waals surface area contributed by atoms with Crippen molar-refractivity contribution in [3.05, 3.63) is 78.4 Å². The number of hydrogen-bond acceptors (Lipinski definition) is 9. The molecule has 0 aliphatic carbocycles. The van der Waals surface area contributed by atoms with Gasteiger partial charge in [0.2, 0.25) is 5.75 Å². The molecule has 9 nitrogen and oxygen atoms in total. The summed E-state index contributed by atoms with van der Waals surface area (Å²) in [5, 5.41) is 0. The molecular formula is C21H18O9S2. The van der Waals surface area contributed by atoms with Crippen molar-refractivity contribution in [1.29, 1.82) is 0 Å². The van der Waals surface area contributed by atoms with Gasteiger partial charge in [-0.15, -0.1) is 0 Å². The Morgan fingerprint density at radius 2 is 1.09 bits per heavy atom. The number of methoxy groups -OCH3 is 2. The average Bonchev–Trinajstić information content (AvgIpc) is 2.79. The zero-order valence-electron chi connectivity index (χ0n) is 16.9. The van der Waals surface area contributed by atoms with E-state index in [1.165, 1.54) is 48.5 Å². The van der Waals surface area contributed by atoms with Crippen molar-refractivity contribution in [2.75, 3.05) is 14.2 Å². The van der Waals surface area contributed by atoms with Crippen LogP contribution in [-0.4, -0.2) is 37.0 Å². The first-order valence-corrected chi connectivity index (χ1v) is 11.8. The van der Waals surface area contributed by atoms with Gasteiger partial charge in [0.05, 0.1) is 19.8 Å². The third-order valence-electron chi connectivity index (χ3n) is 4.11. The van der Waals surface area contributed by atoms with E-state index in [2.05, 4.69) is 4.74 Å². The summed E-state index contributed by atoms with van der Waals surface area (Å²) in [6.45, 7) is 0. The van der Waals surface area contributed by atoms with Crippen LogP contribution in [0.5, 0.6) is 17.2 Å². The molecule has 0 aliphatic heterocycles. The Kier molecular flexibility index (Phi) is 6.70. The van der Waals surface area contributed by atoms with Gasteiger partial charge in [-0.05, 0) is 24.3 Å². The van der Waals surface area contributed by atoms with E-state index in [0.717, 1.165) is 26.4 Å². The second-order valence-electron chi connectivity index (χ2n) is 6.20. The van der Waals surface area contributed by atoms with Crippen LogP contribution in [0.3, 0.4) is 0 Å². The van der Waals surface area contributed by atoms with Crippen molar-refractivity contribution in [2.24, 2.45) is 0 Å². The van der Waals surface area contributed by atoms with Gasteiger partial charge in [0, 0.05) is 12.1 Å². The highest BCUT2D eigenvalue weighted by molar-refractivity contribution is 7.87. The van der Waals surface area contributed by atoms with Gasteiger partial charge in [-0.2, -0.15) is 16.8 Å². The number of benzene rings is 3. The average molecular weight is 479 g/mol. The van der Waals surface area contributed by atoms with Crippen molar-refractivity contribution >= 4 is 26.2 Å². The lowest BCUT2D eigenvalue weighted by Gasteiger charge is -2.16. The fourth-order valence-electron chi connectivity index (χ4n) is 2.64. The van der Waals surface area contributed by atoms with Gasteiger partial charge in [-0.25, -0.2) is 4.79 Å². The molecule has 0 N–H and O–H groups in total. The van der Waals surface area contributed by atoms with Crippen LogP contribution in [0.4, 0.5) is 0 Å². The predicted octanol–water partition coefficient (Wildman–Crippen LogP) is 3.02. The molecule has 0 spiro atoms. The predicted molar refractivity (Wildman–Crippen MR) is 113 cm³/mol. The van der Waals surface area contributed by atoms with Crippen molar-refractivity contribution < 1.29 is 39.5 Å². The molecule has 3 rings (SSSR count). The summed E-state index contributed by atoms with van der Waals surface area (Å²) >= 11 is 0. The normalized spacial score (nSPS) is 11.4. The molecule has 0 heterocycles. The summed E-state index contributed by atoms with van der Waals surface area (Å²) in [6, 6.07) is 16.6. The summed E-state index contributed by atoms with van der Waals surface area (Å²) in [5.74, 6) is -2.15. The van der Waals surface area contributed by atoms with Gasteiger partial charge >= 0.3 is 26.2 Å². The van der Waals surface area contributed by atoms with Gasteiger partial charge in [0.1, 0.15) is 9.79 Å². The number of rotatable bonds is 8. The van der Waals surface area contributed by atoms with Crippen LogP contribution in [0.15, 0.2) is 82.6 Å². The largest absolute Gasteiger partial charge is 0.490 e. The highest BCUT2D eigenvalue weighted by Crippen LogP contribution is 2.41. The van der Waals surface area contributed by atoms with Crippen LogP contribution in [0.25, 0.3) is 0 Å². The molecule has 0 saturated heterocycles. The first kappa shape index (κ1) is 23.1. The van der Waals surface area contributed by atoms with E-state index in [1.54, 1.807) is 12.1 Å². The van der Waals surface area contributed by atoms with Gasteiger partial charge in [0.15, 0.2) is 11.5 Å². The lowest BCUT2D eigenvalue weighted by Crippen LogP contribution is -2.14. The molecule has 3 aromatic carbocycles. The summed E-state index contributed by atoms with van der Waals surface area (Å²) < 4.78 is 70.9. The van der Waals surface area contributed by atoms with E-state index < -0.39 is 37.7 Å². The highest BCUT2D eigenvalue weighted by atomic mass is 32.2. The topological polar surface area (TPSA) is 122 Å². The standard InChI is InChI=1S/C21H18O9S2/c1-27-20-18(29-31(23,24)16-9-5-3-6-10-16)13-15(21(22)28-2)14-19(20)30-32(25,26)17-11-7-4-8-12-17/h3-14H,1-2H3. The maximum Gasteiger partial charge on any atom is 0.339 e. The quantitative estimate of drug-likeness (QED) is 0.355. The van der Waals surface area contributed by atoms with E-state index in [1.807, 2.05) is 0 Å². The maximum absolute atomic E-state index is 12.7. The molecule has 3 aromatic rings. The van der Waals surface area contributed by atoms with E-state index in [0.29, 0.717) is 0 Å². The Morgan fingerprint density at radius 3 is 1.44 bits per heavy atom. The Bertz CT molecular complexity index is 1230. The van der Waals surface area contributed by atoms with Gasteiger partial charge in [-0.3, -0.25) is 0 Å². The lowest BCUT2D eigenvalue weighted by molar-refractivity contribution is 0.0600. The van der Waals surface area contributed by atoms with Crippen LogP contribution in [-0.2, 0) is 25.0 Å². The Hall–Kier alpha value is -3.57. The SMILES string of the molecule is COC(=O)c1cc(OS(=O)(=O)c2ccccc2)c(OC)c(OS(=O)(=O)c2ccccc2)c1. The van der Waals surface area contributed by atoms with Crippen molar-refractivity contribution in [1.82, 2.24) is 0 Å². The molecule has 168 valence electrons. The minimum Gasteiger partial charge on any atom is -0.490 e. The Labute approximate surface area is 185 Å². The molecule has 32 heavy (non-hydrogen) atoms. The van der Waals surface area contributed by atoms with Crippen LogP contribution >= 0.6 is 0 Å². The minimum absolute atomic E-state index is 0.162. The third kappa shape index (κ3) is 5.01. The zero-order valence-corrected chi connectivity index (χ0v) is 18.6. The van der Waals surface area contributed by atoms with Crippen LogP contribution in [0.2, 0.25) is 0 Å². The molecule has 0 radical (unpaired) electrons. The fourth-order valence-corrected chi connectivity index (χ4v) is 4.54. The number of carbonyl (C=O) groups is 1. The van der Waals surface area contributed by atoms with Crippen molar-refractivity contribution in [2.45, 2.75) is 9.79 Å². The molecule has 0 unspecified atom stereocenters. The molecule has 0 atom stereocenters. The maximum atomic E-state index is 12.7. The Morgan fingerprint density at radius 1 is 0.688 bits per heavy atom. The van der Waals surface area contributed by atoms with Crippen LogP contribution < -0.4 is 13.1 Å². The van der Waals surface area contributed by atoms with E-state index >= 15 is 0 Å². The summed E-state index contributed by atoms with van der Waals surface area (Å²) in [4.78, 5) is 11.8. The van der Waals surface area contributed by atoms with Gasteiger partial charge in [0.25, 0.3) is 0 Å². The monoisotopic (exact) mass is 478 g/mol. The molecule has 0 aliphatic rings. The van der Waals surface area contributed by atoms with E-state index in [9.17, 15) is 21.6 Å². The van der Waals surface area contributed by atoms with Gasteiger partial charge in [-0.1, -0.05) is 36.4 Å². The van der Waals surface area contributed by atoms with Crippen LogP contribution in [0, 0.1) is 0 Å². The number of ether oxygens (including phenoxy) is 2. The van der Waals surface area contributed by atoms with Gasteiger partial charge < -0.3 is 17.8 Å². The molecule has 0 fully saturated rings. The number of hydrogen-bond donors (Lipinski definition) is 0. The first-order valence-electron chi connectivity index (χ1n) is 8.97. The highest BCUT2D eigenvalue weighted by Gasteiger charge is 2.27. The minimum atomic E-state index is -4.34. The molecule has 0 saturated carbocycles. The molecule has 0 aromatic heterocycles. The second-order valence-corrected chi connectivity index (χ2v) is 9.29. The summed E-state index contributed by atoms with van der Waals surface area (Å²) in [7, 11) is -6.42. The summed E-state index contributed by atoms with van der Waals surface area (Å²) in [6.07, 6.45) is 0. The van der Waals surface area contributed by atoms with Crippen LogP contribution in [0.1, 0.15) is 10.4 Å². The number of esters is 1. The molecular weight excluding hydrogens is 460 g/mol.